The van der Waals surface area contributed by atoms with Gasteiger partial charge in [0, 0.05) is 18.3 Å². The largest absolute Gasteiger partial charge is 0.399 e. The molecule has 3 rings (SSSR count). The fourth-order valence-electron chi connectivity index (χ4n) is 3.41. The van der Waals surface area contributed by atoms with Crippen molar-refractivity contribution in [3.63, 3.8) is 0 Å². The van der Waals surface area contributed by atoms with Crippen LogP contribution in [0, 0.1) is 0 Å². The van der Waals surface area contributed by atoms with E-state index in [4.69, 9.17) is 5.73 Å². The number of nitrogens with one attached hydrogen (secondary N) is 1. The van der Waals surface area contributed by atoms with Crippen molar-refractivity contribution in [2.24, 2.45) is 0 Å². The Labute approximate surface area is 139 Å². The van der Waals surface area contributed by atoms with E-state index in [-0.39, 0.29) is 0 Å². The Morgan fingerprint density at radius 1 is 1.00 bits per heavy atom. The average molecular weight is 309 g/mol. The maximum Gasteiger partial charge on any atom is 0.0472 e. The topological polar surface area (TPSA) is 41.3 Å². The molecule has 122 valence electrons. The predicted octanol–water partition coefficient (Wildman–Crippen LogP) is 3.24. The molecule has 0 radical (unpaired) electrons. The van der Waals surface area contributed by atoms with E-state index in [9.17, 15) is 0 Å². The third kappa shape index (κ3) is 4.57. The number of nitrogens with two attached hydrogens (primary N) is 1. The highest BCUT2D eigenvalue weighted by Crippen LogP contribution is 2.24. The van der Waals surface area contributed by atoms with Gasteiger partial charge >= 0.3 is 0 Å². The molecule has 0 bridgehead atoms. The van der Waals surface area contributed by atoms with Crippen molar-refractivity contribution in [2.45, 2.75) is 25.3 Å². The van der Waals surface area contributed by atoms with Gasteiger partial charge in [-0.05, 0) is 62.2 Å². The van der Waals surface area contributed by atoms with Gasteiger partial charge in [0.05, 0.1) is 0 Å². The maximum absolute atomic E-state index is 5.84. The predicted molar refractivity (Wildman–Crippen MR) is 97.4 cm³/mol. The molecule has 23 heavy (non-hydrogen) atoms. The number of rotatable bonds is 7. The molecule has 3 N–H and O–H groups in total. The summed E-state index contributed by atoms with van der Waals surface area (Å²) in [5.41, 5.74) is 9.41. The lowest BCUT2D eigenvalue weighted by Crippen LogP contribution is -2.34. The van der Waals surface area contributed by atoms with Gasteiger partial charge < -0.3 is 11.1 Å². The van der Waals surface area contributed by atoms with E-state index in [0.717, 1.165) is 25.2 Å². The number of hydrogen-bond donors (Lipinski definition) is 2. The van der Waals surface area contributed by atoms with Gasteiger partial charge in [-0.2, -0.15) is 0 Å². The van der Waals surface area contributed by atoms with Crippen LogP contribution in [-0.4, -0.2) is 31.1 Å². The van der Waals surface area contributed by atoms with E-state index >= 15 is 0 Å². The van der Waals surface area contributed by atoms with Gasteiger partial charge in [0.25, 0.3) is 0 Å². The minimum Gasteiger partial charge on any atom is -0.399 e. The average Bonchev–Trinajstić information content (AvgIpc) is 3.10. The molecule has 1 atom stereocenters. The smallest absolute Gasteiger partial charge is 0.0472 e. The SMILES string of the molecule is Nc1cccc(CCNCC(c2ccccc2)N2CCCC2)c1. The van der Waals surface area contributed by atoms with Crippen LogP contribution in [0.5, 0.6) is 0 Å². The molecule has 1 heterocycles. The van der Waals surface area contributed by atoms with E-state index in [2.05, 4.69) is 52.7 Å². The number of nitrogen functional groups attached to an aromatic ring is 1. The summed E-state index contributed by atoms with van der Waals surface area (Å²) in [6, 6.07) is 19.6. The number of likely N-dealkylation sites (tertiary alicyclic amines) is 1. The molecule has 3 nitrogen and oxygen atoms in total. The second-order valence-corrected chi connectivity index (χ2v) is 6.37. The molecule has 0 amide bonds. The van der Waals surface area contributed by atoms with Crippen molar-refractivity contribution in [3.05, 3.63) is 65.7 Å². The zero-order chi connectivity index (χ0) is 15.9. The molecule has 0 aliphatic carbocycles. The third-order valence-electron chi connectivity index (χ3n) is 4.64. The first kappa shape index (κ1) is 16.0. The summed E-state index contributed by atoms with van der Waals surface area (Å²) in [5, 5.41) is 3.65. The summed E-state index contributed by atoms with van der Waals surface area (Å²) in [7, 11) is 0. The van der Waals surface area contributed by atoms with E-state index in [1.165, 1.54) is 37.1 Å². The van der Waals surface area contributed by atoms with Crippen LogP contribution < -0.4 is 11.1 Å². The summed E-state index contributed by atoms with van der Waals surface area (Å²) in [4.78, 5) is 2.61. The maximum atomic E-state index is 5.84. The van der Waals surface area contributed by atoms with Crippen LogP contribution in [0.25, 0.3) is 0 Å². The molecule has 0 saturated carbocycles. The van der Waals surface area contributed by atoms with Crippen molar-refractivity contribution < 1.29 is 0 Å². The van der Waals surface area contributed by atoms with E-state index < -0.39 is 0 Å². The van der Waals surface area contributed by atoms with Crippen molar-refractivity contribution in [1.29, 1.82) is 0 Å². The van der Waals surface area contributed by atoms with Crippen LogP contribution in [0.3, 0.4) is 0 Å². The highest BCUT2D eigenvalue weighted by atomic mass is 15.2. The molecular formula is C20H27N3. The first-order valence-electron chi connectivity index (χ1n) is 8.67. The van der Waals surface area contributed by atoms with E-state index in [1.54, 1.807) is 0 Å². The van der Waals surface area contributed by atoms with Crippen molar-refractivity contribution in [3.8, 4) is 0 Å². The highest BCUT2D eigenvalue weighted by molar-refractivity contribution is 5.40. The summed E-state index contributed by atoms with van der Waals surface area (Å²) in [6.07, 6.45) is 3.67. The van der Waals surface area contributed by atoms with Gasteiger partial charge in [0.15, 0.2) is 0 Å². The summed E-state index contributed by atoms with van der Waals surface area (Å²) in [6.45, 7) is 4.43. The van der Waals surface area contributed by atoms with Gasteiger partial charge in [-0.15, -0.1) is 0 Å². The quantitative estimate of drug-likeness (QED) is 0.609. The highest BCUT2D eigenvalue weighted by Gasteiger charge is 2.22. The Hall–Kier alpha value is -1.84. The van der Waals surface area contributed by atoms with Gasteiger partial charge in [-0.1, -0.05) is 42.5 Å². The first-order valence-corrected chi connectivity index (χ1v) is 8.67. The lowest BCUT2D eigenvalue weighted by atomic mass is 10.1. The lowest BCUT2D eigenvalue weighted by Gasteiger charge is -2.28. The monoisotopic (exact) mass is 309 g/mol. The van der Waals surface area contributed by atoms with E-state index in [0.29, 0.717) is 6.04 Å². The molecule has 0 spiro atoms. The summed E-state index contributed by atoms with van der Waals surface area (Å²) >= 11 is 0. The molecule has 1 saturated heterocycles. The van der Waals surface area contributed by atoms with Crippen LogP contribution in [0.15, 0.2) is 54.6 Å². The van der Waals surface area contributed by atoms with Crippen molar-refractivity contribution in [2.75, 3.05) is 31.9 Å². The van der Waals surface area contributed by atoms with Crippen LogP contribution in [0.2, 0.25) is 0 Å². The number of benzene rings is 2. The Morgan fingerprint density at radius 2 is 1.78 bits per heavy atom. The minimum atomic E-state index is 0.486. The molecule has 1 aliphatic rings. The normalized spacial score (nSPS) is 16.5. The molecule has 0 aromatic heterocycles. The lowest BCUT2D eigenvalue weighted by molar-refractivity contribution is 0.239. The van der Waals surface area contributed by atoms with Crippen molar-refractivity contribution in [1.82, 2.24) is 10.2 Å². The molecule has 1 unspecified atom stereocenters. The second-order valence-electron chi connectivity index (χ2n) is 6.37. The summed E-state index contributed by atoms with van der Waals surface area (Å²) in [5.74, 6) is 0. The van der Waals surface area contributed by atoms with Gasteiger partial charge in [0.2, 0.25) is 0 Å². The Balaban J connectivity index is 1.54. The van der Waals surface area contributed by atoms with Crippen LogP contribution in [0.4, 0.5) is 5.69 Å². The first-order chi connectivity index (χ1) is 11.3. The number of hydrogen-bond acceptors (Lipinski definition) is 3. The van der Waals surface area contributed by atoms with Gasteiger partial charge in [-0.25, -0.2) is 0 Å². The van der Waals surface area contributed by atoms with Crippen molar-refractivity contribution >= 4 is 5.69 Å². The summed E-state index contributed by atoms with van der Waals surface area (Å²) < 4.78 is 0. The zero-order valence-electron chi connectivity index (χ0n) is 13.7. The van der Waals surface area contributed by atoms with E-state index in [1.807, 2.05) is 12.1 Å². The Bertz CT molecular complexity index is 591. The Kier molecular flexibility index (Phi) is 5.67. The van der Waals surface area contributed by atoms with Crippen LogP contribution in [-0.2, 0) is 6.42 Å². The molecular weight excluding hydrogens is 282 g/mol. The van der Waals surface area contributed by atoms with Gasteiger partial charge in [0.1, 0.15) is 0 Å². The Morgan fingerprint density at radius 3 is 2.52 bits per heavy atom. The molecule has 2 aromatic rings. The van der Waals surface area contributed by atoms with Gasteiger partial charge in [-0.3, -0.25) is 4.90 Å². The third-order valence-corrected chi connectivity index (χ3v) is 4.64. The number of nitrogens with zero attached hydrogens (tertiary/aromatic N) is 1. The fourth-order valence-corrected chi connectivity index (χ4v) is 3.41. The minimum absolute atomic E-state index is 0.486. The molecule has 1 fully saturated rings. The second kappa shape index (κ2) is 8.14. The number of anilines is 1. The molecule has 3 heteroatoms. The molecule has 2 aromatic carbocycles. The zero-order valence-corrected chi connectivity index (χ0v) is 13.7. The molecule has 1 aliphatic heterocycles. The van der Waals surface area contributed by atoms with Crippen LogP contribution >= 0.6 is 0 Å². The fraction of sp³-hybridized carbons (Fsp3) is 0.400. The standard InChI is InChI=1S/C20H27N3/c21-19-10-6-7-17(15-19)11-12-22-16-20(23-13-4-5-14-23)18-8-2-1-3-9-18/h1-3,6-10,15,20,22H,4-5,11-14,16,21H2. The van der Waals surface area contributed by atoms with Crippen LogP contribution in [0.1, 0.15) is 30.0 Å².